The van der Waals surface area contributed by atoms with Crippen LogP contribution in [0.5, 0.6) is 0 Å². The third kappa shape index (κ3) is 5.89. The largest absolute Gasteiger partial charge is 0.383 e. The summed E-state index contributed by atoms with van der Waals surface area (Å²) >= 11 is 0. The van der Waals surface area contributed by atoms with Gasteiger partial charge in [0.15, 0.2) is 0 Å². The predicted molar refractivity (Wildman–Crippen MR) is 118 cm³/mol. The van der Waals surface area contributed by atoms with Gasteiger partial charge in [-0.1, -0.05) is 36.4 Å². The molecule has 0 spiro atoms. The lowest BCUT2D eigenvalue weighted by Gasteiger charge is -2.20. The fraction of sp³-hybridized carbons (Fsp3) is 0.478. The van der Waals surface area contributed by atoms with Gasteiger partial charge in [-0.3, -0.25) is 0 Å². The third-order valence-electron chi connectivity index (χ3n) is 5.60. The molecule has 1 aliphatic heterocycles. The van der Waals surface area contributed by atoms with E-state index >= 15 is 0 Å². The molecule has 2 aromatic carbocycles. The summed E-state index contributed by atoms with van der Waals surface area (Å²) in [5.41, 5.74) is 3.44. The second-order valence-corrected chi connectivity index (χ2v) is 9.69. The van der Waals surface area contributed by atoms with Gasteiger partial charge in [-0.05, 0) is 68.5 Å². The molecule has 0 saturated carbocycles. The maximum atomic E-state index is 12.4. The Morgan fingerprint density at radius 3 is 2.28 bits per heavy atom. The second-order valence-electron chi connectivity index (χ2n) is 7.98. The van der Waals surface area contributed by atoms with Crippen molar-refractivity contribution in [3.05, 3.63) is 54.1 Å². The van der Waals surface area contributed by atoms with Crippen molar-refractivity contribution >= 4 is 10.0 Å². The topological polar surface area (TPSA) is 58.6 Å². The van der Waals surface area contributed by atoms with Crippen LogP contribution in [0, 0.1) is 0 Å². The number of hydrogen-bond acceptors (Lipinski definition) is 4. The molecule has 0 aromatic heterocycles. The lowest BCUT2D eigenvalue weighted by molar-refractivity contribution is 0.180. The number of rotatable bonds is 9. The van der Waals surface area contributed by atoms with Gasteiger partial charge in [0.2, 0.25) is 10.0 Å². The molecule has 0 radical (unpaired) electrons. The Kier molecular flexibility index (Phi) is 7.46. The van der Waals surface area contributed by atoms with Gasteiger partial charge in [-0.25, -0.2) is 13.1 Å². The highest BCUT2D eigenvalue weighted by molar-refractivity contribution is 7.89. The Morgan fingerprint density at radius 1 is 1.10 bits per heavy atom. The van der Waals surface area contributed by atoms with E-state index < -0.39 is 10.0 Å². The van der Waals surface area contributed by atoms with Gasteiger partial charge in [-0.15, -0.1) is 0 Å². The van der Waals surface area contributed by atoms with Crippen LogP contribution in [-0.2, 0) is 21.2 Å². The predicted octanol–water partition coefficient (Wildman–Crippen LogP) is 3.69. The Balaban J connectivity index is 1.62. The van der Waals surface area contributed by atoms with Crippen LogP contribution in [0.25, 0.3) is 11.1 Å². The maximum Gasteiger partial charge on any atom is 0.240 e. The van der Waals surface area contributed by atoms with Crippen molar-refractivity contribution in [1.82, 2.24) is 9.62 Å². The molecule has 5 nitrogen and oxygen atoms in total. The summed E-state index contributed by atoms with van der Waals surface area (Å²) in [6.07, 6.45) is 3.69. The van der Waals surface area contributed by atoms with Crippen molar-refractivity contribution in [2.75, 3.05) is 26.8 Å². The first-order chi connectivity index (χ1) is 13.9. The minimum absolute atomic E-state index is 0.264. The summed E-state index contributed by atoms with van der Waals surface area (Å²) < 4.78 is 32.5. The van der Waals surface area contributed by atoms with Crippen LogP contribution in [-0.4, -0.2) is 52.2 Å². The normalized spacial score (nSPS) is 18.8. The van der Waals surface area contributed by atoms with E-state index in [1.54, 1.807) is 26.2 Å². The van der Waals surface area contributed by atoms with E-state index in [0.29, 0.717) is 12.6 Å². The fourth-order valence-corrected chi connectivity index (χ4v) is 5.13. The smallest absolute Gasteiger partial charge is 0.240 e. The molecule has 1 saturated heterocycles. The zero-order valence-electron chi connectivity index (χ0n) is 17.6. The summed E-state index contributed by atoms with van der Waals surface area (Å²) in [5, 5.41) is 0. The molecule has 3 rings (SSSR count). The molecule has 158 valence electrons. The monoisotopic (exact) mass is 416 g/mol. The van der Waals surface area contributed by atoms with Crippen LogP contribution in [0.15, 0.2) is 53.4 Å². The zero-order valence-corrected chi connectivity index (χ0v) is 18.4. The molecule has 0 bridgehead atoms. The van der Waals surface area contributed by atoms with Gasteiger partial charge >= 0.3 is 0 Å². The molecule has 2 unspecified atom stereocenters. The Hall–Kier alpha value is -1.73. The minimum atomic E-state index is -3.54. The first kappa shape index (κ1) is 22.0. The molecular weight excluding hydrogens is 384 g/mol. The van der Waals surface area contributed by atoms with E-state index in [9.17, 15) is 8.42 Å². The average Bonchev–Trinajstić information content (AvgIpc) is 3.11. The van der Waals surface area contributed by atoms with Gasteiger partial charge in [-0.2, -0.15) is 0 Å². The Bertz CT molecular complexity index is 879. The number of nitrogens with zero attached hydrogens (tertiary/aromatic N) is 1. The van der Waals surface area contributed by atoms with E-state index in [4.69, 9.17) is 4.74 Å². The molecule has 6 heteroatoms. The molecule has 1 N–H and O–H groups in total. The molecule has 1 aliphatic rings. The highest BCUT2D eigenvalue weighted by Crippen LogP contribution is 2.23. The average molecular weight is 417 g/mol. The summed E-state index contributed by atoms with van der Waals surface area (Å²) in [6.45, 7) is 6.75. The quantitative estimate of drug-likeness (QED) is 0.677. The standard InChI is InChI=1S/C23H32N2O3S/c1-18(17-28-3)24-29(26,27)23-12-10-22(11-13-23)21-8-6-20(7-9-21)14-16-25-15-4-5-19(25)2/h6-13,18-19,24H,4-5,14-17H2,1-3H3. The highest BCUT2D eigenvalue weighted by Gasteiger charge is 2.19. The van der Waals surface area contributed by atoms with Crippen molar-refractivity contribution in [1.29, 1.82) is 0 Å². The highest BCUT2D eigenvalue weighted by atomic mass is 32.2. The van der Waals surface area contributed by atoms with Crippen LogP contribution >= 0.6 is 0 Å². The van der Waals surface area contributed by atoms with Gasteiger partial charge < -0.3 is 9.64 Å². The maximum absolute atomic E-state index is 12.4. The summed E-state index contributed by atoms with van der Waals surface area (Å²) in [7, 11) is -1.99. The van der Waals surface area contributed by atoms with E-state index in [1.165, 1.54) is 24.9 Å². The summed E-state index contributed by atoms with van der Waals surface area (Å²) in [6, 6.07) is 16.0. The van der Waals surface area contributed by atoms with Crippen molar-refractivity contribution in [2.24, 2.45) is 0 Å². The SMILES string of the molecule is COCC(C)NS(=O)(=O)c1ccc(-c2ccc(CCN3CCCC3C)cc2)cc1. The molecule has 0 amide bonds. The number of likely N-dealkylation sites (tertiary alicyclic amines) is 1. The molecule has 29 heavy (non-hydrogen) atoms. The van der Waals surface area contributed by atoms with Crippen molar-refractivity contribution in [2.45, 2.75) is 50.1 Å². The number of sulfonamides is 1. The van der Waals surface area contributed by atoms with Crippen molar-refractivity contribution in [3.63, 3.8) is 0 Å². The molecular formula is C23H32N2O3S. The van der Waals surface area contributed by atoms with E-state index in [-0.39, 0.29) is 10.9 Å². The van der Waals surface area contributed by atoms with Crippen molar-refractivity contribution in [3.8, 4) is 11.1 Å². The number of nitrogens with one attached hydrogen (secondary N) is 1. The minimum Gasteiger partial charge on any atom is -0.383 e. The second kappa shape index (κ2) is 9.85. The van der Waals surface area contributed by atoms with Gasteiger partial charge in [0, 0.05) is 25.7 Å². The van der Waals surface area contributed by atoms with Gasteiger partial charge in [0.25, 0.3) is 0 Å². The molecule has 0 aliphatic carbocycles. The van der Waals surface area contributed by atoms with Gasteiger partial charge in [0.1, 0.15) is 0 Å². The lowest BCUT2D eigenvalue weighted by atomic mass is 10.0. The number of methoxy groups -OCH3 is 1. The van der Waals surface area contributed by atoms with E-state index in [1.807, 2.05) is 12.1 Å². The van der Waals surface area contributed by atoms with E-state index in [2.05, 4.69) is 40.8 Å². The number of hydrogen-bond donors (Lipinski definition) is 1. The molecule has 2 atom stereocenters. The first-order valence-electron chi connectivity index (χ1n) is 10.3. The number of ether oxygens (including phenoxy) is 1. The Morgan fingerprint density at radius 2 is 1.72 bits per heavy atom. The van der Waals surface area contributed by atoms with Crippen LogP contribution in [0.1, 0.15) is 32.3 Å². The first-order valence-corrected chi connectivity index (χ1v) is 11.8. The number of benzene rings is 2. The van der Waals surface area contributed by atoms with Crippen LogP contribution < -0.4 is 4.72 Å². The summed E-state index contributed by atoms with van der Waals surface area (Å²) in [5.74, 6) is 0. The molecule has 1 heterocycles. The fourth-order valence-electron chi connectivity index (χ4n) is 3.90. The van der Waals surface area contributed by atoms with Crippen LogP contribution in [0.2, 0.25) is 0 Å². The Labute approximate surface area is 175 Å². The van der Waals surface area contributed by atoms with Crippen LogP contribution in [0.3, 0.4) is 0 Å². The van der Waals surface area contributed by atoms with Crippen LogP contribution in [0.4, 0.5) is 0 Å². The summed E-state index contributed by atoms with van der Waals surface area (Å²) in [4.78, 5) is 2.83. The van der Waals surface area contributed by atoms with Crippen molar-refractivity contribution < 1.29 is 13.2 Å². The van der Waals surface area contributed by atoms with E-state index in [0.717, 1.165) is 24.1 Å². The van der Waals surface area contributed by atoms with Gasteiger partial charge in [0.05, 0.1) is 11.5 Å². The molecule has 1 fully saturated rings. The molecule has 2 aromatic rings. The third-order valence-corrected chi connectivity index (χ3v) is 7.21. The lowest BCUT2D eigenvalue weighted by Crippen LogP contribution is -2.35. The zero-order chi connectivity index (χ0) is 20.9.